The van der Waals surface area contributed by atoms with Gasteiger partial charge in [0.15, 0.2) is 0 Å². The Balaban J connectivity index is 2.79. The highest BCUT2D eigenvalue weighted by molar-refractivity contribution is 5.47. The molecular formula is C15H13F9. The predicted octanol–water partition coefficient (Wildman–Crippen LogP) is 6.12. The van der Waals surface area contributed by atoms with Crippen LogP contribution in [0.1, 0.15) is 24.0 Å². The van der Waals surface area contributed by atoms with Gasteiger partial charge in [-0.25, -0.2) is 0 Å². The van der Waals surface area contributed by atoms with Crippen molar-refractivity contribution in [3.05, 3.63) is 42.0 Å². The summed E-state index contributed by atoms with van der Waals surface area (Å²) >= 11 is 0. The molecule has 0 unspecified atom stereocenters. The first-order valence-corrected chi connectivity index (χ1v) is 6.68. The standard InChI is InChI=1S/C15H13F9/c1-2-10-5-7-11(8-6-10)4-3-9-12(16,17)13(18,19)14(20,21)15(22,23)24/h2,5-8H,1,3-4,9H2. The van der Waals surface area contributed by atoms with Gasteiger partial charge in [-0.1, -0.05) is 36.9 Å². The molecule has 136 valence electrons. The van der Waals surface area contributed by atoms with E-state index in [2.05, 4.69) is 6.58 Å². The number of aryl methyl sites for hydroxylation is 1. The van der Waals surface area contributed by atoms with Gasteiger partial charge in [0.25, 0.3) is 0 Å². The quantitative estimate of drug-likeness (QED) is 0.511. The average molecular weight is 364 g/mol. The fraction of sp³-hybridized carbons (Fsp3) is 0.467. The van der Waals surface area contributed by atoms with Gasteiger partial charge in [0.2, 0.25) is 0 Å². The molecule has 0 aliphatic rings. The van der Waals surface area contributed by atoms with Crippen LogP contribution in [-0.4, -0.2) is 23.9 Å². The lowest BCUT2D eigenvalue weighted by atomic mass is 9.97. The van der Waals surface area contributed by atoms with E-state index in [1.165, 1.54) is 18.2 Å². The van der Waals surface area contributed by atoms with Gasteiger partial charge >= 0.3 is 23.9 Å². The lowest BCUT2D eigenvalue weighted by Gasteiger charge is -2.33. The minimum atomic E-state index is -6.82. The van der Waals surface area contributed by atoms with Crippen LogP contribution in [0.5, 0.6) is 0 Å². The van der Waals surface area contributed by atoms with Crippen molar-refractivity contribution in [3.8, 4) is 0 Å². The molecule has 0 atom stereocenters. The predicted molar refractivity (Wildman–Crippen MR) is 70.4 cm³/mol. The van der Waals surface area contributed by atoms with E-state index in [9.17, 15) is 39.5 Å². The minimum absolute atomic E-state index is 0.180. The third-order valence-electron chi connectivity index (χ3n) is 3.38. The van der Waals surface area contributed by atoms with E-state index in [0.717, 1.165) is 0 Å². The summed E-state index contributed by atoms with van der Waals surface area (Å²) in [5, 5.41) is 0. The lowest BCUT2D eigenvalue weighted by Crippen LogP contribution is -2.60. The number of halogens is 9. The van der Waals surface area contributed by atoms with E-state index in [0.29, 0.717) is 11.1 Å². The summed E-state index contributed by atoms with van der Waals surface area (Å²) in [6, 6.07) is 6.09. The molecular weight excluding hydrogens is 351 g/mol. The first kappa shape index (κ1) is 20.4. The Kier molecular flexibility index (Phi) is 5.67. The van der Waals surface area contributed by atoms with Crippen molar-refractivity contribution in [3.63, 3.8) is 0 Å². The zero-order chi connectivity index (χ0) is 18.8. The molecule has 0 aliphatic heterocycles. The Morgan fingerprint density at radius 1 is 0.792 bits per heavy atom. The Hall–Kier alpha value is -1.67. The second-order valence-corrected chi connectivity index (χ2v) is 5.15. The van der Waals surface area contributed by atoms with Crippen LogP contribution in [0, 0.1) is 0 Å². The monoisotopic (exact) mass is 364 g/mol. The maximum absolute atomic E-state index is 13.3. The summed E-state index contributed by atoms with van der Waals surface area (Å²) < 4.78 is 114. The van der Waals surface area contributed by atoms with Crippen molar-refractivity contribution < 1.29 is 39.5 Å². The van der Waals surface area contributed by atoms with E-state index in [-0.39, 0.29) is 6.42 Å². The van der Waals surface area contributed by atoms with Crippen LogP contribution in [0.4, 0.5) is 39.5 Å². The van der Waals surface area contributed by atoms with Gasteiger partial charge in [0, 0.05) is 6.42 Å². The van der Waals surface area contributed by atoms with Crippen molar-refractivity contribution >= 4 is 6.08 Å². The van der Waals surface area contributed by atoms with Crippen LogP contribution in [0.25, 0.3) is 6.08 Å². The third kappa shape index (κ3) is 3.87. The van der Waals surface area contributed by atoms with Gasteiger partial charge in [0.05, 0.1) is 0 Å². The van der Waals surface area contributed by atoms with Crippen LogP contribution in [0.3, 0.4) is 0 Å². The number of hydrogen-bond acceptors (Lipinski definition) is 0. The van der Waals surface area contributed by atoms with Crippen LogP contribution in [-0.2, 0) is 6.42 Å². The molecule has 0 nitrogen and oxygen atoms in total. The molecule has 0 radical (unpaired) electrons. The molecule has 0 saturated heterocycles. The van der Waals surface area contributed by atoms with Gasteiger partial charge in [-0.3, -0.25) is 0 Å². The Bertz CT molecular complexity index is 555. The van der Waals surface area contributed by atoms with Crippen molar-refractivity contribution in [1.82, 2.24) is 0 Å². The first-order valence-electron chi connectivity index (χ1n) is 6.68. The normalized spacial score (nSPS) is 13.9. The fourth-order valence-corrected chi connectivity index (χ4v) is 1.90. The Morgan fingerprint density at radius 2 is 1.29 bits per heavy atom. The van der Waals surface area contributed by atoms with Gasteiger partial charge in [-0.05, 0) is 24.0 Å². The van der Waals surface area contributed by atoms with Crippen molar-refractivity contribution in [2.45, 2.75) is 43.2 Å². The van der Waals surface area contributed by atoms with Gasteiger partial charge in [-0.15, -0.1) is 0 Å². The van der Waals surface area contributed by atoms with Crippen molar-refractivity contribution in [2.24, 2.45) is 0 Å². The van der Waals surface area contributed by atoms with E-state index < -0.39 is 36.8 Å². The van der Waals surface area contributed by atoms with Gasteiger partial charge in [0.1, 0.15) is 0 Å². The van der Waals surface area contributed by atoms with E-state index >= 15 is 0 Å². The second kappa shape index (κ2) is 6.68. The smallest absolute Gasteiger partial charge is 0.200 e. The molecule has 1 aromatic rings. The number of benzene rings is 1. The average Bonchev–Trinajstić information content (AvgIpc) is 2.46. The number of hydrogen-bond donors (Lipinski definition) is 0. The molecule has 24 heavy (non-hydrogen) atoms. The maximum atomic E-state index is 13.3. The van der Waals surface area contributed by atoms with Crippen LogP contribution in [0.15, 0.2) is 30.8 Å². The lowest BCUT2D eigenvalue weighted by molar-refractivity contribution is -0.396. The maximum Gasteiger partial charge on any atom is 0.460 e. The molecule has 1 aromatic carbocycles. The highest BCUT2D eigenvalue weighted by Gasteiger charge is 2.81. The van der Waals surface area contributed by atoms with Crippen molar-refractivity contribution in [1.29, 1.82) is 0 Å². The molecule has 1 rings (SSSR count). The topological polar surface area (TPSA) is 0 Å². The molecule has 0 N–H and O–H groups in total. The first-order chi connectivity index (χ1) is 10.8. The minimum Gasteiger partial charge on any atom is -0.200 e. The molecule has 0 heterocycles. The SMILES string of the molecule is C=Cc1ccc(CCCC(F)(F)C(F)(F)C(F)(F)C(F)(F)F)cc1. The van der Waals surface area contributed by atoms with E-state index in [1.807, 2.05) is 0 Å². The highest BCUT2D eigenvalue weighted by atomic mass is 19.4. The Morgan fingerprint density at radius 3 is 1.71 bits per heavy atom. The van der Waals surface area contributed by atoms with Gasteiger partial charge in [-0.2, -0.15) is 39.5 Å². The molecule has 0 fully saturated rings. The highest BCUT2D eigenvalue weighted by Crippen LogP contribution is 2.54. The molecule has 9 heteroatoms. The summed E-state index contributed by atoms with van der Waals surface area (Å²) in [5.41, 5.74) is 1.16. The van der Waals surface area contributed by atoms with E-state index in [4.69, 9.17) is 0 Å². The summed E-state index contributed by atoms with van der Waals surface area (Å²) in [5.74, 6) is -18.9. The molecule has 0 aliphatic carbocycles. The van der Waals surface area contributed by atoms with Crippen LogP contribution < -0.4 is 0 Å². The summed E-state index contributed by atoms with van der Waals surface area (Å²) in [4.78, 5) is 0. The van der Waals surface area contributed by atoms with Crippen LogP contribution in [0.2, 0.25) is 0 Å². The Labute approximate surface area is 132 Å². The van der Waals surface area contributed by atoms with Crippen molar-refractivity contribution in [2.75, 3.05) is 0 Å². The van der Waals surface area contributed by atoms with Crippen LogP contribution >= 0.6 is 0 Å². The fourth-order valence-electron chi connectivity index (χ4n) is 1.90. The van der Waals surface area contributed by atoms with Gasteiger partial charge < -0.3 is 0 Å². The van der Waals surface area contributed by atoms with E-state index in [1.54, 1.807) is 12.1 Å². The second-order valence-electron chi connectivity index (χ2n) is 5.15. The summed E-state index contributed by atoms with van der Waals surface area (Å²) in [6.45, 7) is 3.48. The zero-order valence-electron chi connectivity index (χ0n) is 12.1. The number of alkyl halides is 9. The molecule has 0 saturated carbocycles. The number of rotatable bonds is 7. The molecule has 0 amide bonds. The third-order valence-corrected chi connectivity index (χ3v) is 3.38. The molecule has 0 aromatic heterocycles. The largest absolute Gasteiger partial charge is 0.460 e. The zero-order valence-corrected chi connectivity index (χ0v) is 12.1. The molecule has 0 bridgehead atoms. The molecule has 0 spiro atoms. The summed E-state index contributed by atoms with van der Waals surface area (Å²) in [6.07, 6.45) is -7.96. The summed E-state index contributed by atoms with van der Waals surface area (Å²) in [7, 11) is 0.